The van der Waals surface area contributed by atoms with Gasteiger partial charge in [-0.15, -0.1) is 0 Å². The summed E-state index contributed by atoms with van der Waals surface area (Å²) >= 11 is 0. The summed E-state index contributed by atoms with van der Waals surface area (Å²) in [4.78, 5) is 0. The lowest BCUT2D eigenvalue weighted by Crippen LogP contribution is -2.28. The number of ether oxygens (including phenoxy) is 3. The van der Waals surface area contributed by atoms with Gasteiger partial charge in [0.15, 0.2) is 23.0 Å². The zero-order chi connectivity index (χ0) is 20.1. The molecule has 146 valence electrons. The van der Waals surface area contributed by atoms with Crippen molar-refractivity contribution in [1.29, 1.82) is 0 Å². The summed E-state index contributed by atoms with van der Waals surface area (Å²) in [6.45, 7) is 0. The van der Waals surface area contributed by atoms with Crippen LogP contribution in [0.3, 0.4) is 0 Å². The highest BCUT2D eigenvalue weighted by atomic mass is 32.2. The summed E-state index contributed by atoms with van der Waals surface area (Å²) in [5.41, 5.74) is -5.60. The molecule has 28 heavy (non-hydrogen) atoms. The third kappa shape index (κ3) is 2.85. The van der Waals surface area contributed by atoms with Gasteiger partial charge in [0.2, 0.25) is 11.5 Å². The van der Waals surface area contributed by atoms with E-state index in [2.05, 4.69) is 4.18 Å². The lowest BCUT2D eigenvalue weighted by Gasteiger charge is -2.25. The maximum Gasteiger partial charge on any atom is 0.534 e. The molecule has 0 N–H and O–H groups in total. The molecular weight excluding hydrogens is 401 g/mol. The predicted octanol–water partition coefficient (Wildman–Crippen LogP) is 4.97. The van der Waals surface area contributed by atoms with Crippen molar-refractivity contribution in [3.63, 3.8) is 0 Å². The molecule has 0 aromatic heterocycles. The van der Waals surface area contributed by atoms with E-state index in [9.17, 15) is 21.6 Å². The van der Waals surface area contributed by atoms with E-state index in [1.807, 2.05) is 0 Å². The molecule has 0 aliphatic carbocycles. The number of hydrogen-bond donors (Lipinski definition) is 0. The average Bonchev–Trinajstić information content (AvgIpc) is 2.65. The van der Waals surface area contributed by atoms with Gasteiger partial charge in [-0.2, -0.15) is 21.6 Å². The summed E-state index contributed by atoms with van der Waals surface area (Å²) in [5, 5.41) is 0.890. The highest BCUT2D eigenvalue weighted by Gasteiger charge is 2.49. The summed E-state index contributed by atoms with van der Waals surface area (Å²) in [6, 6.07) is 12.4. The van der Waals surface area contributed by atoms with Crippen molar-refractivity contribution < 1.29 is 40.0 Å². The largest absolute Gasteiger partial charge is 0.534 e. The number of hydrogen-bond acceptors (Lipinski definition) is 6. The van der Waals surface area contributed by atoms with E-state index in [4.69, 9.17) is 14.2 Å². The normalized spacial score (nSPS) is 13.1. The van der Waals surface area contributed by atoms with E-state index in [1.165, 1.54) is 13.2 Å². The molecule has 0 fully saturated rings. The van der Waals surface area contributed by atoms with Gasteiger partial charge < -0.3 is 18.4 Å². The van der Waals surface area contributed by atoms with E-state index in [-0.39, 0.29) is 23.0 Å². The van der Waals surface area contributed by atoms with Crippen LogP contribution in [0.2, 0.25) is 0 Å². The van der Waals surface area contributed by atoms with Crippen LogP contribution in [0.15, 0.2) is 48.5 Å². The second-order valence-corrected chi connectivity index (χ2v) is 7.27. The van der Waals surface area contributed by atoms with Crippen molar-refractivity contribution in [3.05, 3.63) is 48.5 Å². The Morgan fingerprint density at radius 2 is 1.64 bits per heavy atom. The second kappa shape index (κ2) is 6.20. The van der Waals surface area contributed by atoms with Crippen molar-refractivity contribution in [1.82, 2.24) is 0 Å². The molecule has 0 amide bonds. The minimum Gasteiger partial charge on any atom is -0.493 e. The van der Waals surface area contributed by atoms with E-state index < -0.39 is 21.4 Å². The second-order valence-electron chi connectivity index (χ2n) is 5.73. The molecule has 0 unspecified atom stereocenters. The van der Waals surface area contributed by atoms with Gasteiger partial charge in [-0.3, -0.25) is 0 Å². The Labute approximate surface area is 157 Å². The quantitative estimate of drug-likeness (QED) is 0.349. The number of alkyl halides is 3. The molecule has 0 saturated carbocycles. The smallest absolute Gasteiger partial charge is 0.493 e. The van der Waals surface area contributed by atoms with Crippen LogP contribution in [-0.2, 0) is 10.1 Å². The average molecular weight is 412 g/mol. The van der Waals surface area contributed by atoms with Crippen molar-refractivity contribution in [3.8, 4) is 34.5 Å². The van der Waals surface area contributed by atoms with Crippen molar-refractivity contribution in [2.75, 3.05) is 7.11 Å². The van der Waals surface area contributed by atoms with Gasteiger partial charge in [0, 0.05) is 5.39 Å². The first-order valence-electron chi connectivity index (χ1n) is 7.80. The SMILES string of the molecule is COc1cccc2c1Oc1c(c(OS(=O)(=O)C(F)(F)F)cc3ccccc13)O2. The number of fused-ring (bicyclic) bond motifs is 4. The van der Waals surface area contributed by atoms with Crippen LogP contribution in [0.4, 0.5) is 13.2 Å². The predicted molar refractivity (Wildman–Crippen MR) is 92.7 cm³/mol. The fraction of sp³-hybridized carbons (Fsp3) is 0.111. The van der Waals surface area contributed by atoms with E-state index in [1.54, 1.807) is 36.4 Å². The molecule has 0 radical (unpaired) electrons. The first-order valence-corrected chi connectivity index (χ1v) is 9.21. The van der Waals surface area contributed by atoms with Gasteiger partial charge in [-0.05, 0) is 23.6 Å². The fourth-order valence-electron chi connectivity index (χ4n) is 2.75. The zero-order valence-electron chi connectivity index (χ0n) is 14.1. The maximum atomic E-state index is 12.8. The number of para-hydroxylation sites is 1. The van der Waals surface area contributed by atoms with Crippen LogP contribution in [0, 0.1) is 0 Å². The molecule has 6 nitrogen and oxygen atoms in total. The maximum absolute atomic E-state index is 12.8. The Morgan fingerprint density at radius 1 is 0.893 bits per heavy atom. The summed E-state index contributed by atoms with van der Waals surface area (Å²) in [5.74, 6) is -0.231. The minimum absolute atomic E-state index is 0.0162. The first kappa shape index (κ1) is 18.2. The highest BCUT2D eigenvalue weighted by Crippen LogP contribution is 2.56. The zero-order valence-corrected chi connectivity index (χ0v) is 14.9. The Hall–Kier alpha value is -3.14. The number of methoxy groups -OCH3 is 1. The van der Waals surface area contributed by atoms with Crippen molar-refractivity contribution in [2.24, 2.45) is 0 Å². The van der Waals surface area contributed by atoms with Crippen LogP contribution in [0.25, 0.3) is 10.8 Å². The molecule has 1 heterocycles. The lowest BCUT2D eigenvalue weighted by molar-refractivity contribution is -0.0500. The third-order valence-corrected chi connectivity index (χ3v) is 4.95. The number of benzene rings is 3. The first-order chi connectivity index (χ1) is 13.2. The molecule has 3 aromatic rings. The lowest BCUT2D eigenvalue weighted by atomic mass is 10.1. The van der Waals surface area contributed by atoms with Crippen LogP contribution in [-0.4, -0.2) is 21.0 Å². The highest BCUT2D eigenvalue weighted by molar-refractivity contribution is 7.88. The standard InChI is InChI=1S/C18H11F3O6S/c1-24-12-7-4-8-13-16(12)26-15-11-6-3-2-5-10(11)9-14(17(15)25-13)27-28(22,23)18(19,20)21/h2-9H,1H3. The molecule has 3 aromatic carbocycles. The molecule has 0 saturated heterocycles. The van der Waals surface area contributed by atoms with Crippen LogP contribution >= 0.6 is 0 Å². The van der Waals surface area contributed by atoms with Crippen LogP contribution < -0.4 is 18.4 Å². The molecule has 1 aliphatic heterocycles. The van der Waals surface area contributed by atoms with Gasteiger partial charge in [0.05, 0.1) is 7.11 Å². The number of halogens is 3. The van der Waals surface area contributed by atoms with E-state index in [0.29, 0.717) is 16.5 Å². The summed E-state index contributed by atoms with van der Waals surface area (Å²) in [7, 11) is -4.48. The van der Waals surface area contributed by atoms with Gasteiger partial charge in [0.25, 0.3) is 0 Å². The summed E-state index contributed by atoms with van der Waals surface area (Å²) < 4.78 is 82.5. The molecule has 4 rings (SSSR count). The number of rotatable bonds is 3. The van der Waals surface area contributed by atoms with Gasteiger partial charge in [-0.25, -0.2) is 0 Å². The molecule has 10 heteroatoms. The summed E-state index contributed by atoms with van der Waals surface area (Å²) in [6.07, 6.45) is 0. The van der Waals surface area contributed by atoms with Crippen LogP contribution in [0.5, 0.6) is 34.5 Å². The van der Waals surface area contributed by atoms with Gasteiger partial charge in [-0.1, -0.05) is 30.3 Å². The molecule has 0 spiro atoms. The third-order valence-electron chi connectivity index (χ3n) is 3.98. The van der Waals surface area contributed by atoms with Crippen molar-refractivity contribution in [2.45, 2.75) is 5.51 Å². The molecule has 0 atom stereocenters. The topological polar surface area (TPSA) is 71.1 Å². The molecule has 0 bridgehead atoms. The Bertz CT molecular complexity index is 1190. The Morgan fingerprint density at radius 3 is 2.36 bits per heavy atom. The van der Waals surface area contributed by atoms with Crippen molar-refractivity contribution >= 4 is 20.9 Å². The van der Waals surface area contributed by atoms with Crippen LogP contribution in [0.1, 0.15) is 0 Å². The molecular formula is C18H11F3O6S. The Kier molecular flexibility index (Phi) is 4.03. The minimum atomic E-state index is -5.90. The molecule has 1 aliphatic rings. The fourth-order valence-corrected chi connectivity index (χ4v) is 3.20. The van der Waals surface area contributed by atoms with E-state index >= 15 is 0 Å². The Balaban J connectivity index is 1.93. The van der Waals surface area contributed by atoms with E-state index in [0.717, 1.165) is 6.07 Å². The monoisotopic (exact) mass is 412 g/mol. The van der Waals surface area contributed by atoms with Gasteiger partial charge >= 0.3 is 15.6 Å². The van der Waals surface area contributed by atoms with Gasteiger partial charge in [0.1, 0.15) is 0 Å².